The summed E-state index contributed by atoms with van der Waals surface area (Å²) in [6.45, 7) is 23.0. The molecule has 7 heterocycles. The van der Waals surface area contributed by atoms with E-state index in [1.54, 1.807) is 54.6 Å². The van der Waals surface area contributed by atoms with Crippen LogP contribution in [0.2, 0.25) is 0 Å². The van der Waals surface area contributed by atoms with Gasteiger partial charge >= 0.3 is 0 Å². The molecule has 3 fully saturated rings. The number of carbonyl (C=O) groups is 5. The summed E-state index contributed by atoms with van der Waals surface area (Å²) in [5.41, 5.74) is 19.3. The molecule has 4 amide bonds. The first-order chi connectivity index (χ1) is 50.3. The van der Waals surface area contributed by atoms with Gasteiger partial charge in [0, 0.05) is 161 Å². The molecule has 3 saturated heterocycles. The van der Waals surface area contributed by atoms with Gasteiger partial charge in [-0.3, -0.25) is 28.9 Å². The van der Waals surface area contributed by atoms with E-state index in [1.165, 1.54) is 16.7 Å². The van der Waals surface area contributed by atoms with E-state index in [1.807, 2.05) is 72.0 Å². The average molecular weight is 1390 g/mol. The highest BCUT2D eigenvalue weighted by Crippen LogP contribution is 2.34. The van der Waals surface area contributed by atoms with Crippen molar-refractivity contribution in [3.63, 3.8) is 0 Å². The van der Waals surface area contributed by atoms with Crippen molar-refractivity contribution in [1.82, 2.24) is 61.0 Å². The molecule has 0 bridgehead atoms. The number of nitrogens with one attached hydrogen (secondary N) is 7. The summed E-state index contributed by atoms with van der Waals surface area (Å²) in [5.74, 6) is -1.05. The topological polar surface area (TPSA) is 253 Å². The zero-order valence-electron chi connectivity index (χ0n) is 59.9. The molecule has 103 heavy (non-hydrogen) atoms. The molecule has 0 spiro atoms. The summed E-state index contributed by atoms with van der Waals surface area (Å²) >= 11 is 0. The first kappa shape index (κ1) is 72.3. The maximum atomic E-state index is 13.6. The number of nitrogens with zero attached hydrogens (tertiary/aromatic N) is 7. The first-order valence-corrected chi connectivity index (χ1v) is 36.3. The van der Waals surface area contributed by atoms with Gasteiger partial charge in [-0.15, -0.1) is 0 Å². The Morgan fingerprint density at radius 1 is 0.505 bits per heavy atom. The van der Waals surface area contributed by atoms with E-state index in [4.69, 9.17) is 19.4 Å². The van der Waals surface area contributed by atoms with Crippen molar-refractivity contribution >= 4 is 63.4 Å². The number of rotatable bonds is 25. The van der Waals surface area contributed by atoms with Crippen LogP contribution in [0, 0.1) is 13.8 Å². The zero-order chi connectivity index (χ0) is 71.8. The molecule has 0 atom stereocenters. The molecule has 0 unspecified atom stereocenters. The van der Waals surface area contributed by atoms with Crippen LogP contribution in [0.1, 0.15) is 156 Å². The maximum absolute atomic E-state index is 13.6. The summed E-state index contributed by atoms with van der Waals surface area (Å²) in [6.07, 6.45) is 9.56. The molecule has 21 heteroatoms. The maximum Gasteiger partial charge on any atom is 0.251 e. The number of ether oxygens (including phenoxy) is 2. The SMILES string of the molecule is CCc1nc2c(cnn2CC)c(NC2CCOCC2)c1CNC(=O)c1cccc(C(=O)NCc2ccc(C)c(-c3cccc(C=O)c3)c2)c1.CCc1nc2c(cnn2CC)c(NC2CCOCC2)c1CNC(=O)c1cccc(C(=O)NCc2ccc(C)c(-c3cccc(CN4CCNCC4)c3)c2)c1. The number of aryl methyl sites for hydroxylation is 6. The fourth-order valence-electron chi connectivity index (χ4n) is 13.8. The molecule has 0 saturated carbocycles. The molecule has 534 valence electrons. The minimum Gasteiger partial charge on any atom is -0.381 e. The van der Waals surface area contributed by atoms with Gasteiger partial charge in [0.25, 0.3) is 23.6 Å². The predicted octanol–water partition coefficient (Wildman–Crippen LogP) is 12.1. The molecule has 0 aliphatic carbocycles. The Bertz CT molecular complexity index is 4680. The number of piperazine rings is 1. The number of fused-ring (bicyclic) bond motifs is 2. The van der Waals surface area contributed by atoms with Gasteiger partial charge in [0.1, 0.15) is 6.29 Å². The van der Waals surface area contributed by atoms with E-state index >= 15 is 0 Å². The first-order valence-electron chi connectivity index (χ1n) is 36.3. The highest BCUT2D eigenvalue weighted by molar-refractivity contribution is 6.01. The van der Waals surface area contributed by atoms with Crippen molar-refractivity contribution in [2.45, 2.75) is 138 Å². The third kappa shape index (κ3) is 17.7. The molecule has 0 radical (unpaired) electrons. The molecule has 3 aliphatic rings. The zero-order valence-corrected chi connectivity index (χ0v) is 59.9. The predicted molar refractivity (Wildman–Crippen MR) is 404 cm³/mol. The van der Waals surface area contributed by atoms with Gasteiger partial charge in [-0.25, -0.2) is 19.3 Å². The van der Waals surface area contributed by atoms with E-state index in [-0.39, 0.29) is 42.3 Å². The van der Waals surface area contributed by atoms with Crippen LogP contribution >= 0.6 is 0 Å². The summed E-state index contributed by atoms with van der Waals surface area (Å²) in [7, 11) is 0. The molecular formula is C82H94N14O7. The van der Waals surface area contributed by atoms with E-state index in [0.717, 1.165) is 167 Å². The van der Waals surface area contributed by atoms with Crippen LogP contribution in [0.3, 0.4) is 0 Å². The molecule has 3 aliphatic heterocycles. The van der Waals surface area contributed by atoms with Crippen LogP contribution in [0.15, 0.2) is 146 Å². The van der Waals surface area contributed by atoms with Gasteiger partial charge in [0.15, 0.2) is 11.3 Å². The van der Waals surface area contributed by atoms with Crippen molar-refractivity contribution in [2.24, 2.45) is 0 Å². The van der Waals surface area contributed by atoms with Crippen molar-refractivity contribution < 1.29 is 33.4 Å². The quantitative estimate of drug-likeness (QED) is 0.0263. The lowest BCUT2D eigenvalue weighted by Gasteiger charge is -2.27. The van der Waals surface area contributed by atoms with Crippen LogP contribution in [-0.2, 0) is 68.1 Å². The number of carbonyl (C=O) groups excluding carboxylic acids is 5. The monoisotopic (exact) mass is 1390 g/mol. The molecule has 4 aromatic heterocycles. The van der Waals surface area contributed by atoms with Crippen molar-refractivity contribution in [2.75, 3.05) is 63.2 Å². The number of hydrogen-bond acceptors (Lipinski definition) is 15. The average Bonchev–Trinajstić information content (AvgIpc) is 1.75. The number of aromatic nitrogens is 6. The number of pyridine rings is 2. The van der Waals surface area contributed by atoms with Gasteiger partial charge in [0.05, 0.1) is 34.5 Å². The molecule has 13 rings (SSSR count). The highest BCUT2D eigenvalue weighted by Gasteiger charge is 2.26. The lowest BCUT2D eigenvalue weighted by atomic mass is 9.96. The second-order valence-corrected chi connectivity index (χ2v) is 26.6. The summed E-state index contributed by atoms with van der Waals surface area (Å²) in [5, 5.41) is 34.3. The van der Waals surface area contributed by atoms with Crippen LogP contribution in [0.5, 0.6) is 0 Å². The van der Waals surface area contributed by atoms with E-state index in [2.05, 4.69) is 122 Å². The molecule has 6 aromatic carbocycles. The second kappa shape index (κ2) is 34.5. The number of amides is 4. The fraction of sp³-hybridized carbons (Fsp3) is 0.354. The Kier molecular flexibility index (Phi) is 24.2. The van der Waals surface area contributed by atoms with Crippen molar-refractivity contribution in [3.05, 3.63) is 224 Å². The van der Waals surface area contributed by atoms with E-state index in [0.29, 0.717) is 86.6 Å². The second-order valence-electron chi connectivity index (χ2n) is 26.6. The lowest BCUT2D eigenvalue weighted by molar-refractivity contribution is 0.0903. The van der Waals surface area contributed by atoms with Crippen LogP contribution in [0.4, 0.5) is 11.4 Å². The number of hydrogen-bond donors (Lipinski definition) is 7. The normalized spacial score (nSPS) is 14.3. The Morgan fingerprint density at radius 3 is 1.37 bits per heavy atom. The smallest absolute Gasteiger partial charge is 0.251 e. The van der Waals surface area contributed by atoms with Crippen LogP contribution in [-0.4, -0.2) is 129 Å². The Labute approximate surface area is 602 Å². The van der Waals surface area contributed by atoms with Crippen molar-refractivity contribution in [3.8, 4) is 22.3 Å². The standard InChI is InChI=1S/C43H52N8O3.C39H42N6O4/c1-4-39-37(40(48-35-14-20-54-21-15-35)38-27-47-51(5-2)41(38)49-39)26-46-43(53)34-11-7-10-33(24-34)42(52)45-25-30-13-12-29(3)36(23-30)32-9-6-8-31(22-32)28-50-18-16-44-17-19-50;1-4-35-33(36(43-31-14-16-49-17-15-31)34-23-42-45(5-2)37(34)44-35)22-41-39(48)30-11-7-10-29(20-30)38(47)40-21-26-13-12-25(3)32(19-26)28-9-6-8-27(18-28)24-46/h6-13,22-24,27,35,44H,4-5,14-21,25-26,28H2,1-3H3,(H,45,52)(H,46,53)(H,48,49);6-13,18-20,23-24,31H,4-5,14-17,21-22H2,1-3H3,(H,40,47)(H,41,48)(H,43,44). The van der Waals surface area contributed by atoms with Gasteiger partial charge in [0.2, 0.25) is 0 Å². The molecule has 10 aromatic rings. The van der Waals surface area contributed by atoms with Crippen LogP contribution < -0.4 is 37.2 Å². The summed E-state index contributed by atoms with van der Waals surface area (Å²) in [6, 6.07) is 42.7. The summed E-state index contributed by atoms with van der Waals surface area (Å²) < 4.78 is 15.0. The Morgan fingerprint density at radius 2 is 0.932 bits per heavy atom. The minimum absolute atomic E-state index is 0.233. The van der Waals surface area contributed by atoms with E-state index in [9.17, 15) is 24.0 Å². The van der Waals surface area contributed by atoms with Gasteiger partial charge in [-0.05, 0) is 177 Å². The lowest BCUT2D eigenvalue weighted by Crippen LogP contribution is -2.42. The fourth-order valence-corrected chi connectivity index (χ4v) is 13.8. The van der Waals surface area contributed by atoms with Gasteiger partial charge < -0.3 is 46.7 Å². The molecule has 21 nitrogen and oxygen atoms in total. The van der Waals surface area contributed by atoms with Crippen LogP contribution in [0.25, 0.3) is 44.3 Å². The number of benzene rings is 6. The Hall–Kier alpha value is -10.5. The Balaban J connectivity index is 0.000000195. The van der Waals surface area contributed by atoms with Gasteiger partial charge in [-0.1, -0.05) is 86.6 Å². The number of aldehydes is 1. The van der Waals surface area contributed by atoms with Gasteiger partial charge in [-0.2, -0.15) is 10.2 Å². The molecular weight excluding hydrogens is 1290 g/mol. The summed E-state index contributed by atoms with van der Waals surface area (Å²) in [4.78, 5) is 77.5. The number of anilines is 2. The highest BCUT2D eigenvalue weighted by atomic mass is 16.5. The molecule has 7 N–H and O–H groups in total. The van der Waals surface area contributed by atoms with Crippen molar-refractivity contribution in [1.29, 1.82) is 0 Å². The third-order valence-corrected chi connectivity index (χ3v) is 19.7. The third-order valence-electron chi connectivity index (χ3n) is 19.7. The minimum atomic E-state index is -0.279. The largest absolute Gasteiger partial charge is 0.381 e. The van der Waals surface area contributed by atoms with E-state index < -0.39 is 0 Å².